The first-order chi connectivity index (χ1) is 16.8. The van der Waals surface area contributed by atoms with Gasteiger partial charge >= 0.3 is 5.97 Å². The predicted octanol–water partition coefficient (Wildman–Crippen LogP) is 4.16. The quantitative estimate of drug-likeness (QED) is 0.141. The van der Waals surface area contributed by atoms with Crippen molar-refractivity contribution in [1.29, 1.82) is 0 Å². The molecule has 0 aliphatic carbocycles. The maximum atomic E-state index is 10.3. The molecule has 0 aliphatic heterocycles. The van der Waals surface area contributed by atoms with Gasteiger partial charge in [0.15, 0.2) is 0 Å². The Kier molecular flexibility index (Phi) is 48.6. The van der Waals surface area contributed by atoms with Gasteiger partial charge in [0.2, 0.25) is 0 Å². The van der Waals surface area contributed by atoms with Gasteiger partial charge < -0.3 is 35.7 Å². The predicted molar refractivity (Wildman–Crippen MR) is 138 cm³/mol. The molecular weight excluding hydrogens is 476 g/mol. The molecule has 0 aromatic heterocycles. The molecule has 218 valence electrons. The highest BCUT2D eigenvalue weighted by atomic mass is 16.4. The van der Waals surface area contributed by atoms with Crippen molar-refractivity contribution in [3.63, 3.8) is 0 Å². The number of aliphatic hydroxyl groups is 3. The number of hydrogen-bond donors (Lipinski definition) is 7. The van der Waals surface area contributed by atoms with Gasteiger partial charge in [-0.3, -0.25) is 19.2 Å². The van der Waals surface area contributed by atoms with Gasteiger partial charge in [0.25, 0.3) is 17.9 Å². The van der Waals surface area contributed by atoms with Gasteiger partial charge in [-0.05, 0) is 6.42 Å². The monoisotopic (exact) mass is 528 g/mol. The first kappa shape index (κ1) is 43.8. The Balaban J connectivity index is -0.000000144. The maximum absolute atomic E-state index is 10.3. The van der Waals surface area contributed by atoms with E-state index in [9.17, 15) is 4.79 Å². The topological polar surface area (TPSA) is 210 Å². The van der Waals surface area contributed by atoms with E-state index in [0.29, 0.717) is 6.42 Å². The van der Waals surface area contributed by atoms with Gasteiger partial charge in [-0.2, -0.15) is 0 Å². The molecule has 0 fully saturated rings. The fourth-order valence-corrected chi connectivity index (χ4v) is 2.35. The normalized spacial score (nSPS) is 9.11. The van der Waals surface area contributed by atoms with Crippen LogP contribution in [0.1, 0.15) is 118 Å². The Bertz CT molecular complexity index is 438. The first-order valence-corrected chi connectivity index (χ1v) is 12.5. The number of carbonyl (C=O) groups is 4. The smallest absolute Gasteiger partial charge is 0.303 e. The Morgan fingerprint density at radius 2 is 0.750 bits per heavy atom. The minimum atomic E-state index is -0.954. The molecule has 0 spiro atoms. The van der Waals surface area contributed by atoms with E-state index in [1.807, 2.05) is 0 Å². The highest BCUT2D eigenvalue weighted by Gasteiger charge is 1.97. The zero-order chi connectivity index (χ0) is 29.2. The molecule has 11 heteroatoms. The van der Waals surface area contributed by atoms with Crippen LogP contribution in [0, 0.1) is 0 Å². The summed E-state index contributed by atoms with van der Waals surface area (Å²) in [6.07, 6.45) is 16.3. The van der Waals surface area contributed by atoms with Crippen LogP contribution < -0.4 is 0 Å². The molecule has 0 saturated heterocycles. The Morgan fingerprint density at radius 1 is 0.528 bits per heavy atom. The van der Waals surface area contributed by atoms with Crippen molar-refractivity contribution < 1.29 is 54.9 Å². The molecule has 0 radical (unpaired) electrons. The summed E-state index contributed by atoms with van der Waals surface area (Å²) in [5.74, 6) is -3.15. The minimum absolute atomic E-state index is 0.345. The van der Waals surface area contributed by atoms with Crippen LogP contribution >= 0.6 is 0 Å². The fourth-order valence-electron chi connectivity index (χ4n) is 2.35. The van der Waals surface area contributed by atoms with E-state index in [4.69, 9.17) is 50.1 Å². The molecule has 0 aromatic carbocycles. The number of hydrogen-bond acceptors (Lipinski definition) is 7. The summed E-state index contributed by atoms with van der Waals surface area (Å²) in [6, 6.07) is 0. The van der Waals surface area contributed by atoms with Crippen molar-refractivity contribution in [2.24, 2.45) is 0 Å². The summed E-state index contributed by atoms with van der Waals surface area (Å²) in [6.45, 7) is 4.78. The SMILES string of the molecule is CC(=O)O.CC(=O)O.CC(=O)O.CCCCCCCCCCCCCCCC(=O)O.OCC(O)CO. The van der Waals surface area contributed by atoms with Crippen molar-refractivity contribution in [1.82, 2.24) is 0 Å². The van der Waals surface area contributed by atoms with Gasteiger partial charge in [0.05, 0.1) is 13.2 Å². The lowest BCUT2D eigenvalue weighted by Gasteiger charge is -2.02. The van der Waals surface area contributed by atoms with Crippen LogP contribution in [0.4, 0.5) is 0 Å². The number of aliphatic hydroxyl groups excluding tert-OH is 3. The van der Waals surface area contributed by atoms with E-state index in [2.05, 4.69) is 6.92 Å². The molecule has 0 heterocycles. The minimum Gasteiger partial charge on any atom is -0.481 e. The third-order valence-electron chi connectivity index (χ3n) is 3.92. The third-order valence-corrected chi connectivity index (χ3v) is 3.92. The standard InChI is InChI=1S/C16H32O2.C3H8O3.3C2H4O2/c1-2-3-4-5-6-7-8-9-10-11-12-13-14-15-16(17)18;4-1-3(6)2-5;3*1-2(3)4/h2-15H2,1H3,(H,17,18);3-6H,1-2H2;3*1H3,(H,3,4). The van der Waals surface area contributed by atoms with Crippen LogP contribution in [0.15, 0.2) is 0 Å². The molecular formula is C25H52O11. The van der Waals surface area contributed by atoms with E-state index < -0.39 is 30.0 Å². The molecule has 7 N–H and O–H groups in total. The van der Waals surface area contributed by atoms with Crippen molar-refractivity contribution in [3.05, 3.63) is 0 Å². The fraction of sp³-hybridized carbons (Fsp3) is 0.840. The van der Waals surface area contributed by atoms with Gasteiger partial charge in [0.1, 0.15) is 6.10 Å². The van der Waals surface area contributed by atoms with Crippen LogP contribution in [0.25, 0.3) is 0 Å². The second-order valence-electron chi connectivity index (χ2n) is 7.96. The summed E-state index contributed by atoms with van der Waals surface area (Å²) >= 11 is 0. The van der Waals surface area contributed by atoms with E-state index >= 15 is 0 Å². The van der Waals surface area contributed by atoms with Gasteiger partial charge in [0, 0.05) is 27.2 Å². The summed E-state index contributed by atoms with van der Waals surface area (Å²) in [7, 11) is 0. The number of unbranched alkanes of at least 4 members (excludes halogenated alkanes) is 12. The molecule has 36 heavy (non-hydrogen) atoms. The van der Waals surface area contributed by atoms with Gasteiger partial charge in [-0.25, -0.2) is 0 Å². The van der Waals surface area contributed by atoms with Crippen molar-refractivity contribution in [3.8, 4) is 0 Å². The zero-order valence-corrected chi connectivity index (χ0v) is 22.7. The largest absolute Gasteiger partial charge is 0.481 e. The van der Waals surface area contributed by atoms with E-state index in [1.54, 1.807) is 0 Å². The van der Waals surface area contributed by atoms with E-state index in [-0.39, 0.29) is 13.2 Å². The van der Waals surface area contributed by atoms with Crippen LogP contribution in [0.2, 0.25) is 0 Å². The zero-order valence-electron chi connectivity index (χ0n) is 22.7. The highest BCUT2D eigenvalue weighted by Crippen LogP contribution is 2.12. The summed E-state index contributed by atoms with van der Waals surface area (Å²) in [5.41, 5.74) is 0. The second-order valence-corrected chi connectivity index (χ2v) is 7.96. The molecule has 0 bridgehead atoms. The second kappa shape index (κ2) is 40.0. The van der Waals surface area contributed by atoms with Gasteiger partial charge in [-0.15, -0.1) is 0 Å². The number of carboxylic acids is 4. The van der Waals surface area contributed by atoms with Crippen molar-refractivity contribution in [2.45, 2.75) is 124 Å². The van der Waals surface area contributed by atoms with Crippen LogP contribution in [0.3, 0.4) is 0 Å². The molecule has 0 amide bonds. The molecule has 0 unspecified atom stereocenters. The molecule has 0 atom stereocenters. The van der Waals surface area contributed by atoms with Crippen molar-refractivity contribution >= 4 is 23.9 Å². The lowest BCUT2D eigenvalue weighted by atomic mass is 10.0. The van der Waals surface area contributed by atoms with Crippen molar-refractivity contribution in [2.75, 3.05) is 13.2 Å². The van der Waals surface area contributed by atoms with E-state index in [1.165, 1.54) is 70.6 Å². The molecule has 0 saturated carbocycles. The molecule has 0 aromatic rings. The lowest BCUT2D eigenvalue weighted by Crippen LogP contribution is -2.15. The number of rotatable bonds is 16. The summed E-state index contributed by atoms with van der Waals surface area (Å²) < 4.78 is 0. The van der Waals surface area contributed by atoms with Crippen LogP contribution in [0.5, 0.6) is 0 Å². The molecule has 11 nitrogen and oxygen atoms in total. The van der Waals surface area contributed by atoms with Crippen LogP contribution in [-0.2, 0) is 19.2 Å². The lowest BCUT2D eigenvalue weighted by molar-refractivity contribution is -0.137. The Morgan fingerprint density at radius 3 is 0.917 bits per heavy atom. The van der Waals surface area contributed by atoms with Crippen LogP contribution in [-0.4, -0.2) is 78.9 Å². The Hall–Kier alpha value is -2.24. The molecule has 0 rings (SSSR count). The third kappa shape index (κ3) is 107. The first-order valence-electron chi connectivity index (χ1n) is 12.5. The average Bonchev–Trinajstić information content (AvgIpc) is 2.75. The average molecular weight is 529 g/mol. The van der Waals surface area contributed by atoms with Gasteiger partial charge in [-0.1, -0.05) is 84.0 Å². The maximum Gasteiger partial charge on any atom is 0.303 e. The molecule has 0 aliphatic rings. The Labute approximate surface area is 216 Å². The number of aliphatic carboxylic acids is 4. The van der Waals surface area contributed by atoms with E-state index in [0.717, 1.165) is 33.6 Å². The number of carboxylic acid groups (broad SMARTS) is 4. The summed E-state index contributed by atoms with van der Waals surface area (Å²) in [4.78, 5) is 37.3. The highest BCUT2D eigenvalue weighted by molar-refractivity contribution is 5.66. The summed E-state index contributed by atoms with van der Waals surface area (Å²) in [5, 5.41) is 54.8.